The van der Waals surface area contributed by atoms with Crippen LogP contribution in [0.5, 0.6) is 0 Å². The molecule has 8 N–H and O–H groups in total. The van der Waals surface area contributed by atoms with Gasteiger partial charge in [-0.15, -0.1) is 0 Å². The summed E-state index contributed by atoms with van der Waals surface area (Å²) in [6.07, 6.45) is 1.32. The molecule has 0 aliphatic carbocycles. The second kappa shape index (κ2) is 5.98. The Labute approximate surface area is 110 Å². The second-order valence-corrected chi connectivity index (χ2v) is 5.04. The molecule has 0 atom stereocenters. The van der Waals surface area contributed by atoms with Gasteiger partial charge in [-0.25, -0.2) is 23.5 Å². The first-order valence-corrected chi connectivity index (χ1v) is 6.55. The first-order valence-electron chi connectivity index (χ1n) is 5.00. The molecule has 0 bridgehead atoms. The Morgan fingerprint density at radius 3 is 1.68 bits per heavy atom. The average Bonchev–Trinajstić information content (AvgIpc) is 2.28. The maximum Gasteiger partial charge on any atom is 0.238 e. The summed E-state index contributed by atoms with van der Waals surface area (Å²) in [5.74, 6) is 0.801. The first kappa shape index (κ1) is 14.7. The predicted molar refractivity (Wildman–Crippen MR) is 73.1 cm³/mol. The van der Waals surface area contributed by atoms with Gasteiger partial charge in [-0.3, -0.25) is 0 Å². The van der Waals surface area contributed by atoms with Crippen molar-refractivity contribution in [3.05, 3.63) is 36.7 Å². The number of primary sulfonamides is 1. The third-order valence-electron chi connectivity index (χ3n) is 1.92. The van der Waals surface area contributed by atoms with Crippen LogP contribution in [-0.4, -0.2) is 18.4 Å². The van der Waals surface area contributed by atoms with Crippen LogP contribution in [0.3, 0.4) is 0 Å². The summed E-state index contributed by atoms with van der Waals surface area (Å²) in [5, 5.41) is 4.84. The number of sulfonamides is 1. The number of hydrogen-bond acceptors (Lipinski definition) is 7. The molecule has 1 aromatic heterocycles. The molecule has 0 unspecified atom stereocenters. The Kier molecular flexibility index (Phi) is 4.62. The molecule has 2 rings (SSSR count). The van der Waals surface area contributed by atoms with Crippen molar-refractivity contribution < 1.29 is 8.42 Å². The molecule has 19 heavy (non-hydrogen) atoms. The van der Waals surface area contributed by atoms with Gasteiger partial charge in [0.05, 0.1) is 4.90 Å². The molecule has 0 spiro atoms. The SMILES string of the molecule is Nc1cc(N)ncn1.Nc1ccc(S(N)(=O)=O)cc1. The van der Waals surface area contributed by atoms with Gasteiger partial charge < -0.3 is 17.2 Å². The van der Waals surface area contributed by atoms with Crippen LogP contribution in [0.15, 0.2) is 41.6 Å². The number of rotatable bonds is 1. The standard InChI is InChI=1S/C6H8N2O2S.C4H6N4/c7-5-1-3-6(4-2-5)11(8,9)10;5-3-1-4(6)8-2-7-3/h1-4H,7H2,(H2,8,9,10);1-2H,(H4,5,6,7,8). The molecule has 1 heterocycles. The van der Waals surface area contributed by atoms with Crippen molar-refractivity contribution in [2.45, 2.75) is 4.90 Å². The van der Waals surface area contributed by atoms with Crippen LogP contribution < -0.4 is 22.3 Å². The molecule has 1 aromatic carbocycles. The Morgan fingerprint density at radius 2 is 1.37 bits per heavy atom. The van der Waals surface area contributed by atoms with Gasteiger partial charge in [0, 0.05) is 11.8 Å². The van der Waals surface area contributed by atoms with Gasteiger partial charge in [-0.1, -0.05) is 0 Å². The lowest BCUT2D eigenvalue weighted by molar-refractivity contribution is 0.598. The highest BCUT2D eigenvalue weighted by Gasteiger charge is 2.04. The van der Waals surface area contributed by atoms with Crippen LogP contribution in [-0.2, 0) is 10.0 Å². The van der Waals surface area contributed by atoms with Gasteiger partial charge in [0.2, 0.25) is 10.0 Å². The van der Waals surface area contributed by atoms with E-state index in [4.69, 9.17) is 22.3 Å². The van der Waals surface area contributed by atoms with Crippen LogP contribution in [0, 0.1) is 0 Å². The molecule has 0 aliphatic rings. The Bertz CT molecular complexity index is 624. The maximum atomic E-state index is 10.7. The second-order valence-electron chi connectivity index (χ2n) is 3.48. The highest BCUT2D eigenvalue weighted by atomic mass is 32.2. The zero-order chi connectivity index (χ0) is 14.5. The van der Waals surface area contributed by atoms with Crippen LogP contribution in [0.4, 0.5) is 17.3 Å². The zero-order valence-electron chi connectivity index (χ0n) is 9.89. The van der Waals surface area contributed by atoms with Crippen LogP contribution in [0.1, 0.15) is 0 Å². The van der Waals surface area contributed by atoms with Gasteiger partial charge >= 0.3 is 0 Å². The molecule has 2 aromatic rings. The normalized spacial score (nSPS) is 10.4. The predicted octanol–water partition coefficient (Wildman–Crippen LogP) is -0.443. The number of benzene rings is 1. The molecule has 0 saturated heterocycles. The summed E-state index contributed by atoms with van der Waals surface area (Å²) in [6.45, 7) is 0. The molecule has 8 nitrogen and oxygen atoms in total. The highest BCUT2D eigenvalue weighted by molar-refractivity contribution is 7.89. The van der Waals surface area contributed by atoms with Crippen molar-refractivity contribution in [1.82, 2.24) is 9.97 Å². The average molecular weight is 282 g/mol. The van der Waals surface area contributed by atoms with Crippen LogP contribution in [0.25, 0.3) is 0 Å². The summed E-state index contributed by atoms with van der Waals surface area (Å²) < 4.78 is 21.4. The molecule has 0 radical (unpaired) electrons. The molecule has 0 amide bonds. The van der Waals surface area contributed by atoms with E-state index < -0.39 is 10.0 Å². The lowest BCUT2D eigenvalue weighted by Crippen LogP contribution is -2.11. The number of hydrogen-bond donors (Lipinski definition) is 4. The summed E-state index contributed by atoms with van der Waals surface area (Å²) in [6, 6.07) is 7.20. The molecule has 9 heteroatoms. The monoisotopic (exact) mass is 282 g/mol. The highest BCUT2D eigenvalue weighted by Crippen LogP contribution is 2.08. The number of nitrogens with zero attached hydrogens (tertiary/aromatic N) is 2. The van der Waals surface area contributed by atoms with E-state index >= 15 is 0 Å². The quantitative estimate of drug-likeness (QED) is 0.514. The zero-order valence-corrected chi connectivity index (χ0v) is 10.7. The van der Waals surface area contributed by atoms with Crippen LogP contribution in [0.2, 0.25) is 0 Å². The number of nitrogen functional groups attached to an aromatic ring is 3. The minimum atomic E-state index is -3.58. The van der Waals surface area contributed by atoms with Crippen molar-refractivity contribution in [2.75, 3.05) is 17.2 Å². The number of aromatic nitrogens is 2. The number of anilines is 3. The van der Waals surface area contributed by atoms with E-state index in [-0.39, 0.29) is 4.90 Å². The van der Waals surface area contributed by atoms with E-state index in [1.165, 1.54) is 36.7 Å². The summed E-state index contributed by atoms with van der Waals surface area (Å²) in [5.41, 5.74) is 16.3. The van der Waals surface area contributed by atoms with E-state index in [1.54, 1.807) is 0 Å². The minimum Gasteiger partial charge on any atom is -0.399 e. The summed E-state index contributed by atoms with van der Waals surface area (Å²) in [7, 11) is -3.58. The van der Waals surface area contributed by atoms with Gasteiger partial charge in [0.25, 0.3) is 0 Å². The fourth-order valence-electron chi connectivity index (χ4n) is 1.05. The van der Waals surface area contributed by atoms with Crippen molar-refractivity contribution in [2.24, 2.45) is 5.14 Å². The third-order valence-corrected chi connectivity index (χ3v) is 2.85. The van der Waals surface area contributed by atoms with Crippen molar-refractivity contribution in [3.63, 3.8) is 0 Å². The Hall–Kier alpha value is -2.39. The van der Waals surface area contributed by atoms with Crippen molar-refractivity contribution in [1.29, 1.82) is 0 Å². The lowest BCUT2D eigenvalue weighted by Gasteiger charge is -1.96. The third kappa shape index (κ3) is 5.19. The fraction of sp³-hybridized carbons (Fsp3) is 0. The largest absolute Gasteiger partial charge is 0.399 e. The van der Waals surface area contributed by atoms with Gasteiger partial charge in [-0.05, 0) is 24.3 Å². The number of nitrogens with two attached hydrogens (primary N) is 4. The van der Waals surface area contributed by atoms with Crippen molar-refractivity contribution >= 4 is 27.3 Å². The summed E-state index contributed by atoms with van der Waals surface area (Å²) in [4.78, 5) is 7.33. The molecular weight excluding hydrogens is 268 g/mol. The van der Waals surface area contributed by atoms with Crippen LogP contribution >= 0.6 is 0 Å². The lowest BCUT2D eigenvalue weighted by atomic mass is 10.3. The first-order chi connectivity index (χ1) is 8.79. The van der Waals surface area contributed by atoms with E-state index in [2.05, 4.69) is 9.97 Å². The van der Waals surface area contributed by atoms with E-state index in [1.807, 2.05) is 0 Å². The van der Waals surface area contributed by atoms with Gasteiger partial charge in [0.1, 0.15) is 18.0 Å². The molecule has 0 fully saturated rings. The van der Waals surface area contributed by atoms with Gasteiger partial charge in [0.15, 0.2) is 0 Å². The van der Waals surface area contributed by atoms with E-state index in [0.717, 1.165) is 0 Å². The van der Waals surface area contributed by atoms with Gasteiger partial charge in [-0.2, -0.15) is 0 Å². The molecule has 0 saturated carbocycles. The topological polar surface area (TPSA) is 164 Å². The fourth-order valence-corrected chi connectivity index (χ4v) is 1.56. The smallest absolute Gasteiger partial charge is 0.238 e. The molecule has 0 aliphatic heterocycles. The molecular formula is C10H14N6O2S. The molecule has 102 valence electrons. The van der Waals surface area contributed by atoms with E-state index in [9.17, 15) is 8.42 Å². The summed E-state index contributed by atoms with van der Waals surface area (Å²) >= 11 is 0. The Balaban J connectivity index is 0.000000200. The minimum absolute atomic E-state index is 0.0756. The maximum absolute atomic E-state index is 10.7. The van der Waals surface area contributed by atoms with Crippen molar-refractivity contribution in [3.8, 4) is 0 Å². The van der Waals surface area contributed by atoms with E-state index in [0.29, 0.717) is 17.3 Å². The Morgan fingerprint density at radius 1 is 0.895 bits per heavy atom.